The third kappa shape index (κ3) is 4.17. The monoisotopic (exact) mass is 315 g/mol. The second kappa shape index (κ2) is 6.32. The Labute approximate surface area is 125 Å². The molecule has 2 unspecified atom stereocenters. The van der Waals surface area contributed by atoms with Crippen LogP contribution in [0.1, 0.15) is 26.7 Å². The van der Waals surface area contributed by atoms with Crippen molar-refractivity contribution in [1.29, 1.82) is 0 Å². The molecule has 2 atom stereocenters. The fraction of sp³-hybridized carbons (Fsp3) is 0.600. The summed E-state index contributed by atoms with van der Waals surface area (Å²) >= 11 is 0. The van der Waals surface area contributed by atoms with Gasteiger partial charge in [-0.2, -0.15) is 0 Å². The zero-order chi connectivity index (χ0) is 15.6. The Morgan fingerprint density at radius 1 is 1.38 bits per heavy atom. The maximum absolute atomic E-state index is 13.9. The molecule has 2 rings (SSSR count). The van der Waals surface area contributed by atoms with Crippen LogP contribution in [0.2, 0.25) is 0 Å². The van der Waals surface area contributed by atoms with Gasteiger partial charge in [0.05, 0.1) is 16.7 Å². The molecule has 0 saturated carbocycles. The molecule has 118 valence electrons. The van der Waals surface area contributed by atoms with Crippen LogP contribution in [0.15, 0.2) is 23.1 Å². The smallest absolute Gasteiger partial charge is 0.175 e. The van der Waals surface area contributed by atoms with Gasteiger partial charge in [-0.15, -0.1) is 0 Å². The van der Waals surface area contributed by atoms with Crippen molar-refractivity contribution in [2.75, 3.05) is 18.2 Å². The lowest BCUT2D eigenvalue weighted by Gasteiger charge is -2.33. The summed E-state index contributed by atoms with van der Waals surface area (Å²) in [5.74, 6) is -0.0308. The van der Waals surface area contributed by atoms with Crippen LogP contribution in [-0.4, -0.2) is 33.4 Å². The van der Waals surface area contributed by atoms with E-state index in [0.717, 1.165) is 19.1 Å². The molecule has 0 aromatic heterocycles. The summed E-state index contributed by atoms with van der Waals surface area (Å²) < 4.78 is 42.7. The normalized spacial score (nSPS) is 23.3. The average Bonchev–Trinajstić information content (AvgIpc) is 2.40. The van der Waals surface area contributed by atoms with Gasteiger partial charge in [-0.05, 0) is 37.0 Å². The zero-order valence-corrected chi connectivity index (χ0v) is 13.4. The molecule has 1 N–H and O–H groups in total. The first-order valence-electron chi connectivity index (χ1n) is 7.15. The van der Waals surface area contributed by atoms with Gasteiger partial charge in [0.2, 0.25) is 0 Å². The van der Waals surface area contributed by atoms with Crippen LogP contribution in [0.3, 0.4) is 0 Å². The Bertz CT molecular complexity index is 601. The van der Waals surface area contributed by atoms with Gasteiger partial charge in [-0.25, -0.2) is 12.8 Å². The first-order valence-corrected chi connectivity index (χ1v) is 9.04. The van der Waals surface area contributed by atoms with Gasteiger partial charge in [-0.1, -0.05) is 13.8 Å². The van der Waals surface area contributed by atoms with Gasteiger partial charge >= 0.3 is 0 Å². The Balaban J connectivity index is 2.15. The van der Waals surface area contributed by atoms with Crippen molar-refractivity contribution in [3.8, 4) is 0 Å². The molecule has 1 aromatic carbocycles. The Kier molecular flexibility index (Phi) is 4.88. The number of benzene rings is 1. The Hall–Kier alpha value is -1.14. The van der Waals surface area contributed by atoms with E-state index in [1.54, 1.807) is 0 Å². The minimum Gasteiger partial charge on any atom is -0.380 e. The third-order valence-corrected chi connectivity index (χ3v) is 4.89. The highest BCUT2D eigenvalue weighted by Gasteiger charge is 2.25. The highest BCUT2D eigenvalue weighted by atomic mass is 32.2. The second-order valence-corrected chi connectivity index (χ2v) is 7.95. The van der Waals surface area contributed by atoms with Crippen molar-refractivity contribution < 1.29 is 17.5 Å². The van der Waals surface area contributed by atoms with Gasteiger partial charge < -0.3 is 10.1 Å². The first-order chi connectivity index (χ1) is 9.77. The molecule has 21 heavy (non-hydrogen) atoms. The van der Waals surface area contributed by atoms with E-state index in [9.17, 15) is 12.8 Å². The van der Waals surface area contributed by atoms with E-state index in [0.29, 0.717) is 12.5 Å². The van der Waals surface area contributed by atoms with E-state index >= 15 is 0 Å². The quantitative estimate of drug-likeness (QED) is 0.868. The first kappa shape index (κ1) is 16.2. The van der Waals surface area contributed by atoms with Crippen molar-refractivity contribution in [2.45, 2.75) is 43.7 Å². The molecule has 6 heteroatoms. The maximum Gasteiger partial charge on any atom is 0.175 e. The van der Waals surface area contributed by atoms with Crippen LogP contribution in [0.25, 0.3) is 0 Å². The molecule has 4 nitrogen and oxygen atoms in total. The third-order valence-electron chi connectivity index (χ3n) is 3.78. The highest BCUT2D eigenvalue weighted by Crippen LogP contribution is 2.26. The van der Waals surface area contributed by atoms with E-state index in [2.05, 4.69) is 19.2 Å². The van der Waals surface area contributed by atoms with Crippen molar-refractivity contribution in [2.24, 2.45) is 5.92 Å². The summed E-state index contributed by atoms with van der Waals surface area (Å²) in [7, 11) is -3.34. The molecule has 0 radical (unpaired) electrons. The molecule has 1 heterocycles. The maximum atomic E-state index is 13.9. The van der Waals surface area contributed by atoms with Gasteiger partial charge in [-0.3, -0.25) is 0 Å². The predicted molar refractivity (Wildman–Crippen MR) is 80.7 cm³/mol. The van der Waals surface area contributed by atoms with E-state index in [1.165, 1.54) is 18.2 Å². The van der Waals surface area contributed by atoms with E-state index < -0.39 is 15.7 Å². The molecule has 1 aromatic rings. The lowest BCUT2D eigenvalue weighted by Crippen LogP contribution is -2.36. The van der Waals surface area contributed by atoms with Crippen LogP contribution in [0.5, 0.6) is 0 Å². The van der Waals surface area contributed by atoms with E-state index in [4.69, 9.17) is 4.74 Å². The van der Waals surface area contributed by atoms with Crippen LogP contribution in [-0.2, 0) is 14.6 Å². The number of hydrogen-bond donors (Lipinski definition) is 1. The number of nitrogens with one attached hydrogen (secondary N) is 1. The molecular weight excluding hydrogens is 293 g/mol. The minimum absolute atomic E-state index is 0.0930. The Morgan fingerprint density at radius 2 is 2.10 bits per heavy atom. The number of hydrogen-bond acceptors (Lipinski definition) is 4. The topological polar surface area (TPSA) is 55.4 Å². The van der Waals surface area contributed by atoms with Crippen LogP contribution < -0.4 is 5.32 Å². The molecular formula is C15H22FNO3S. The van der Waals surface area contributed by atoms with E-state index in [1.807, 2.05) is 0 Å². The lowest BCUT2D eigenvalue weighted by molar-refractivity contribution is -0.0161. The fourth-order valence-corrected chi connectivity index (χ4v) is 3.14. The number of ether oxygens (including phenoxy) is 1. The molecule has 0 spiro atoms. The summed E-state index contributed by atoms with van der Waals surface area (Å²) in [6.07, 6.45) is 2.84. The number of halogens is 1. The van der Waals surface area contributed by atoms with Crippen LogP contribution >= 0.6 is 0 Å². The lowest BCUT2D eigenvalue weighted by atomic mass is 9.95. The number of rotatable bonds is 4. The van der Waals surface area contributed by atoms with Gasteiger partial charge in [0.25, 0.3) is 0 Å². The van der Waals surface area contributed by atoms with Gasteiger partial charge in [0.1, 0.15) is 5.82 Å². The highest BCUT2D eigenvalue weighted by molar-refractivity contribution is 7.90. The molecule has 1 fully saturated rings. The number of anilines is 1. The largest absolute Gasteiger partial charge is 0.380 e. The summed E-state index contributed by atoms with van der Waals surface area (Å²) in [4.78, 5) is 0.124. The van der Waals surface area contributed by atoms with Crippen molar-refractivity contribution in [3.05, 3.63) is 24.0 Å². The molecule has 1 aliphatic heterocycles. The summed E-state index contributed by atoms with van der Waals surface area (Å²) in [6.45, 7) is 4.82. The predicted octanol–water partition coefficient (Wildman–Crippen LogP) is 2.84. The second-order valence-electron chi connectivity index (χ2n) is 5.93. The molecule has 1 aliphatic rings. The minimum atomic E-state index is -3.34. The fourth-order valence-electron chi connectivity index (χ4n) is 2.49. The van der Waals surface area contributed by atoms with Gasteiger partial charge in [0, 0.05) is 18.9 Å². The van der Waals surface area contributed by atoms with Crippen molar-refractivity contribution in [1.82, 2.24) is 0 Å². The van der Waals surface area contributed by atoms with Crippen molar-refractivity contribution >= 4 is 15.5 Å². The Morgan fingerprint density at radius 3 is 2.71 bits per heavy atom. The SMILES string of the molecule is CC(C)C1CC(Nc2cc(S(C)(=O)=O)ccc2F)CCO1. The molecule has 0 bridgehead atoms. The molecule has 1 saturated heterocycles. The van der Waals surface area contributed by atoms with Gasteiger partial charge in [0.15, 0.2) is 9.84 Å². The number of sulfone groups is 1. The average molecular weight is 315 g/mol. The van der Waals surface area contributed by atoms with Crippen molar-refractivity contribution in [3.63, 3.8) is 0 Å². The molecule has 0 amide bonds. The summed E-state index contributed by atoms with van der Waals surface area (Å²) in [5.41, 5.74) is 0.243. The standard InChI is InChI=1S/C15H22FNO3S/c1-10(2)15-8-11(6-7-20-15)17-14-9-12(21(3,18)19)4-5-13(14)16/h4-5,9-11,15,17H,6-8H2,1-3H3. The van der Waals surface area contributed by atoms with Crippen LogP contribution in [0, 0.1) is 11.7 Å². The summed E-state index contributed by atoms with van der Waals surface area (Å²) in [6, 6.07) is 3.94. The van der Waals surface area contributed by atoms with Crippen LogP contribution in [0.4, 0.5) is 10.1 Å². The summed E-state index contributed by atoms with van der Waals surface area (Å²) in [5, 5.41) is 3.13. The zero-order valence-electron chi connectivity index (χ0n) is 12.6. The van der Waals surface area contributed by atoms with E-state index in [-0.39, 0.29) is 22.7 Å². The molecule has 0 aliphatic carbocycles.